The van der Waals surface area contributed by atoms with E-state index in [2.05, 4.69) is 33.9 Å². The fourth-order valence-corrected chi connectivity index (χ4v) is 2.54. The number of nitrogens with zero attached hydrogens (tertiary/aromatic N) is 3. The lowest BCUT2D eigenvalue weighted by Crippen LogP contribution is -2.43. The standard InChI is InChI=1S/C14H26N4/c1-13-5-10-18(11-6-13)14(15)16-7-12-17-8-3-2-4-9-17/h2-3,13H,4-12H2,1H3,(H2,15,16). The number of aliphatic imine (C=N–C) groups is 1. The lowest BCUT2D eigenvalue weighted by Gasteiger charge is -2.31. The Morgan fingerprint density at radius 2 is 2.06 bits per heavy atom. The third-order valence-electron chi connectivity index (χ3n) is 3.94. The van der Waals surface area contributed by atoms with E-state index in [0.717, 1.165) is 51.1 Å². The molecule has 0 aromatic carbocycles. The summed E-state index contributed by atoms with van der Waals surface area (Å²) < 4.78 is 0. The molecule has 18 heavy (non-hydrogen) atoms. The molecule has 1 saturated heterocycles. The first-order chi connectivity index (χ1) is 8.75. The molecular formula is C14H26N4. The van der Waals surface area contributed by atoms with Gasteiger partial charge in [0, 0.05) is 32.7 Å². The molecule has 0 amide bonds. The minimum atomic E-state index is 0.745. The second kappa shape index (κ2) is 6.78. The lowest BCUT2D eigenvalue weighted by atomic mass is 10.00. The van der Waals surface area contributed by atoms with Crippen LogP contribution < -0.4 is 5.73 Å². The first-order valence-electron chi connectivity index (χ1n) is 7.18. The summed E-state index contributed by atoms with van der Waals surface area (Å²) in [7, 11) is 0. The maximum atomic E-state index is 6.05. The first kappa shape index (κ1) is 13.4. The van der Waals surface area contributed by atoms with Crippen LogP contribution in [-0.2, 0) is 0 Å². The fourth-order valence-electron chi connectivity index (χ4n) is 2.54. The van der Waals surface area contributed by atoms with Crippen LogP contribution in [0.15, 0.2) is 17.1 Å². The molecule has 4 nitrogen and oxygen atoms in total. The summed E-state index contributed by atoms with van der Waals surface area (Å²) in [6.45, 7) is 8.53. The van der Waals surface area contributed by atoms with Gasteiger partial charge in [0.2, 0.25) is 0 Å². The second-order valence-electron chi connectivity index (χ2n) is 5.47. The number of guanidine groups is 1. The van der Waals surface area contributed by atoms with Gasteiger partial charge < -0.3 is 10.6 Å². The smallest absolute Gasteiger partial charge is 0.191 e. The first-order valence-corrected chi connectivity index (χ1v) is 7.18. The number of likely N-dealkylation sites (tertiary alicyclic amines) is 1. The van der Waals surface area contributed by atoms with Crippen LogP contribution >= 0.6 is 0 Å². The Morgan fingerprint density at radius 1 is 1.28 bits per heavy atom. The highest BCUT2D eigenvalue weighted by molar-refractivity contribution is 5.78. The van der Waals surface area contributed by atoms with E-state index in [9.17, 15) is 0 Å². The maximum absolute atomic E-state index is 6.05. The number of rotatable bonds is 3. The Kier molecular flexibility index (Phi) is 5.05. The monoisotopic (exact) mass is 250 g/mol. The van der Waals surface area contributed by atoms with Crippen molar-refractivity contribution in [1.29, 1.82) is 0 Å². The molecule has 0 atom stereocenters. The van der Waals surface area contributed by atoms with E-state index in [1.807, 2.05) is 0 Å². The van der Waals surface area contributed by atoms with Crippen molar-refractivity contribution in [3.63, 3.8) is 0 Å². The quantitative estimate of drug-likeness (QED) is 0.466. The third kappa shape index (κ3) is 4.02. The summed E-state index contributed by atoms with van der Waals surface area (Å²) >= 11 is 0. The van der Waals surface area contributed by atoms with Crippen LogP contribution in [0.5, 0.6) is 0 Å². The summed E-state index contributed by atoms with van der Waals surface area (Å²) in [5.74, 6) is 1.59. The van der Waals surface area contributed by atoms with Gasteiger partial charge in [-0.2, -0.15) is 0 Å². The highest BCUT2D eigenvalue weighted by Gasteiger charge is 2.16. The van der Waals surface area contributed by atoms with Gasteiger partial charge >= 0.3 is 0 Å². The minimum absolute atomic E-state index is 0.745. The molecule has 1 fully saturated rings. The Bertz CT molecular complexity index is 303. The normalized spacial score (nSPS) is 23.6. The van der Waals surface area contributed by atoms with E-state index >= 15 is 0 Å². The molecule has 2 heterocycles. The van der Waals surface area contributed by atoms with Gasteiger partial charge in [0.15, 0.2) is 5.96 Å². The molecule has 0 aliphatic carbocycles. The average molecular weight is 250 g/mol. The van der Waals surface area contributed by atoms with Gasteiger partial charge in [-0.1, -0.05) is 19.1 Å². The van der Waals surface area contributed by atoms with Gasteiger partial charge in [-0.3, -0.25) is 9.89 Å². The van der Waals surface area contributed by atoms with Crippen molar-refractivity contribution in [3.05, 3.63) is 12.2 Å². The molecule has 2 aliphatic rings. The molecule has 2 rings (SSSR count). The van der Waals surface area contributed by atoms with E-state index in [-0.39, 0.29) is 0 Å². The number of hydrogen-bond donors (Lipinski definition) is 1. The van der Waals surface area contributed by atoms with Crippen LogP contribution in [0.25, 0.3) is 0 Å². The molecule has 102 valence electrons. The minimum Gasteiger partial charge on any atom is -0.370 e. The van der Waals surface area contributed by atoms with E-state index < -0.39 is 0 Å². The van der Waals surface area contributed by atoms with E-state index in [0.29, 0.717) is 0 Å². The Labute approximate surface area is 111 Å². The van der Waals surface area contributed by atoms with E-state index in [1.165, 1.54) is 19.3 Å². The van der Waals surface area contributed by atoms with Crippen molar-refractivity contribution in [1.82, 2.24) is 9.80 Å². The molecule has 0 unspecified atom stereocenters. The molecule has 0 radical (unpaired) electrons. The summed E-state index contributed by atoms with van der Waals surface area (Å²) in [5, 5.41) is 0. The molecule has 0 saturated carbocycles. The zero-order chi connectivity index (χ0) is 12.8. The van der Waals surface area contributed by atoms with Gasteiger partial charge in [-0.05, 0) is 25.2 Å². The maximum Gasteiger partial charge on any atom is 0.191 e. The van der Waals surface area contributed by atoms with Crippen LogP contribution in [0.2, 0.25) is 0 Å². The lowest BCUT2D eigenvalue weighted by molar-refractivity contribution is 0.276. The van der Waals surface area contributed by atoms with E-state index in [4.69, 9.17) is 5.73 Å². The topological polar surface area (TPSA) is 44.9 Å². The summed E-state index contributed by atoms with van der Waals surface area (Å²) in [4.78, 5) is 9.18. The van der Waals surface area contributed by atoms with Crippen LogP contribution in [0.4, 0.5) is 0 Å². The van der Waals surface area contributed by atoms with Crippen molar-refractivity contribution in [2.24, 2.45) is 16.6 Å². The van der Waals surface area contributed by atoms with Crippen LogP contribution in [0.3, 0.4) is 0 Å². The molecular weight excluding hydrogens is 224 g/mol. The zero-order valence-electron chi connectivity index (χ0n) is 11.5. The van der Waals surface area contributed by atoms with Crippen molar-refractivity contribution in [2.75, 3.05) is 39.3 Å². The van der Waals surface area contributed by atoms with Gasteiger partial charge in [0.05, 0.1) is 6.54 Å². The van der Waals surface area contributed by atoms with Gasteiger partial charge in [-0.15, -0.1) is 0 Å². The highest BCUT2D eigenvalue weighted by atomic mass is 15.3. The SMILES string of the molecule is CC1CCN(C(N)=NCCN2CC=CCC2)CC1. The van der Waals surface area contributed by atoms with Crippen LogP contribution in [0.1, 0.15) is 26.2 Å². The number of nitrogens with two attached hydrogens (primary N) is 1. The number of hydrogen-bond acceptors (Lipinski definition) is 2. The third-order valence-corrected chi connectivity index (χ3v) is 3.94. The second-order valence-corrected chi connectivity index (χ2v) is 5.47. The molecule has 0 aromatic heterocycles. The molecule has 0 aromatic rings. The van der Waals surface area contributed by atoms with Crippen molar-refractivity contribution >= 4 is 5.96 Å². The summed E-state index contributed by atoms with van der Waals surface area (Å²) in [6.07, 6.45) is 8.15. The Balaban J connectivity index is 1.69. The summed E-state index contributed by atoms with van der Waals surface area (Å²) in [6, 6.07) is 0. The largest absolute Gasteiger partial charge is 0.370 e. The predicted molar refractivity (Wildman–Crippen MR) is 76.7 cm³/mol. The molecule has 2 N–H and O–H groups in total. The van der Waals surface area contributed by atoms with Crippen molar-refractivity contribution in [2.45, 2.75) is 26.2 Å². The predicted octanol–water partition coefficient (Wildman–Crippen LogP) is 1.29. The Morgan fingerprint density at radius 3 is 2.72 bits per heavy atom. The average Bonchev–Trinajstić information content (AvgIpc) is 2.40. The highest BCUT2D eigenvalue weighted by Crippen LogP contribution is 2.15. The van der Waals surface area contributed by atoms with Gasteiger partial charge in [-0.25, -0.2) is 0 Å². The van der Waals surface area contributed by atoms with E-state index in [1.54, 1.807) is 0 Å². The van der Waals surface area contributed by atoms with Crippen LogP contribution in [0, 0.1) is 5.92 Å². The van der Waals surface area contributed by atoms with Gasteiger partial charge in [0.25, 0.3) is 0 Å². The van der Waals surface area contributed by atoms with Crippen molar-refractivity contribution < 1.29 is 0 Å². The van der Waals surface area contributed by atoms with Crippen molar-refractivity contribution in [3.8, 4) is 0 Å². The molecule has 0 bridgehead atoms. The summed E-state index contributed by atoms with van der Waals surface area (Å²) in [5.41, 5.74) is 6.05. The number of piperidine rings is 1. The molecule has 0 spiro atoms. The Hall–Kier alpha value is -1.03. The molecule has 4 heteroatoms. The van der Waals surface area contributed by atoms with Gasteiger partial charge in [0.1, 0.15) is 0 Å². The zero-order valence-corrected chi connectivity index (χ0v) is 11.5. The van der Waals surface area contributed by atoms with Crippen LogP contribution in [-0.4, -0.2) is 55.0 Å². The molecule has 2 aliphatic heterocycles. The fraction of sp³-hybridized carbons (Fsp3) is 0.786.